The summed E-state index contributed by atoms with van der Waals surface area (Å²) in [5.41, 5.74) is 1.28. The predicted octanol–water partition coefficient (Wildman–Crippen LogP) is 1.02. The first-order valence-corrected chi connectivity index (χ1v) is 11.8. The first-order valence-electron chi connectivity index (χ1n) is 11.8. The number of aromatic nitrogens is 4. The van der Waals surface area contributed by atoms with E-state index in [1.54, 1.807) is 24.5 Å². The van der Waals surface area contributed by atoms with Crippen LogP contribution in [0.2, 0.25) is 0 Å². The van der Waals surface area contributed by atoms with Gasteiger partial charge in [-0.05, 0) is 44.2 Å². The number of hydrogen-bond acceptors (Lipinski definition) is 6. The van der Waals surface area contributed by atoms with Crippen LogP contribution in [0.3, 0.4) is 0 Å². The summed E-state index contributed by atoms with van der Waals surface area (Å²) in [4.78, 5) is 58.2. The van der Waals surface area contributed by atoms with Gasteiger partial charge in [0.15, 0.2) is 0 Å². The molecule has 174 valence electrons. The third-order valence-electron chi connectivity index (χ3n) is 9.04. The summed E-state index contributed by atoms with van der Waals surface area (Å²) in [7, 11) is 0. The smallest absolute Gasteiger partial charge is 0.254 e. The summed E-state index contributed by atoms with van der Waals surface area (Å²) in [6, 6.07) is 3.33. The van der Waals surface area contributed by atoms with Crippen molar-refractivity contribution >= 4 is 23.6 Å². The van der Waals surface area contributed by atoms with Crippen LogP contribution in [0.15, 0.2) is 48.1 Å². The molecule has 0 aromatic carbocycles. The second-order valence-electron chi connectivity index (χ2n) is 10.4. The van der Waals surface area contributed by atoms with E-state index in [1.807, 2.05) is 6.92 Å². The molecule has 4 heterocycles. The molecule has 10 nitrogen and oxygen atoms in total. The number of carbonyl (C=O) groups is 4. The van der Waals surface area contributed by atoms with Gasteiger partial charge < -0.3 is 0 Å². The van der Waals surface area contributed by atoms with Crippen molar-refractivity contribution in [2.75, 3.05) is 10.0 Å². The van der Waals surface area contributed by atoms with E-state index in [0.717, 1.165) is 34.0 Å². The Bertz CT molecular complexity index is 1220. The van der Waals surface area contributed by atoms with E-state index in [2.05, 4.69) is 17.1 Å². The first kappa shape index (κ1) is 19.9. The Hall–Kier alpha value is -3.56. The van der Waals surface area contributed by atoms with Crippen LogP contribution in [0.25, 0.3) is 0 Å². The fraction of sp³-hybridized carbons (Fsp3) is 0.500. The number of rotatable bonds is 2. The van der Waals surface area contributed by atoms with Gasteiger partial charge in [-0.1, -0.05) is 18.1 Å². The first-order chi connectivity index (χ1) is 16.4. The molecular formula is C24H24N6O4. The zero-order chi connectivity index (χ0) is 23.5. The van der Waals surface area contributed by atoms with E-state index in [0.29, 0.717) is 6.42 Å². The molecule has 2 aromatic heterocycles. The maximum absolute atomic E-state index is 14.0. The van der Waals surface area contributed by atoms with Gasteiger partial charge in [0, 0.05) is 23.7 Å². The molecule has 6 aliphatic rings. The monoisotopic (exact) mass is 460 g/mol. The van der Waals surface area contributed by atoms with E-state index >= 15 is 0 Å². The molecule has 1 spiro atoms. The number of imide groups is 2. The van der Waals surface area contributed by atoms with Crippen molar-refractivity contribution in [2.45, 2.75) is 33.1 Å². The second-order valence-corrected chi connectivity index (χ2v) is 10.4. The van der Waals surface area contributed by atoms with Crippen molar-refractivity contribution < 1.29 is 19.2 Å². The average molecular weight is 460 g/mol. The minimum Gasteiger partial charge on any atom is -0.272 e. The van der Waals surface area contributed by atoms with E-state index in [-0.39, 0.29) is 29.5 Å². The Morgan fingerprint density at radius 3 is 1.82 bits per heavy atom. The van der Waals surface area contributed by atoms with E-state index in [9.17, 15) is 19.2 Å². The fourth-order valence-electron chi connectivity index (χ4n) is 8.10. The molecule has 8 rings (SSSR count). The molecule has 0 radical (unpaired) electrons. The van der Waals surface area contributed by atoms with Gasteiger partial charge in [-0.15, -0.1) is 0 Å². The lowest BCUT2D eigenvalue weighted by atomic mass is 9.39. The predicted molar refractivity (Wildman–Crippen MR) is 117 cm³/mol. The third-order valence-corrected chi connectivity index (χ3v) is 9.04. The quantitative estimate of drug-likeness (QED) is 0.489. The molecule has 4 amide bonds. The summed E-state index contributed by atoms with van der Waals surface area (Å²) in [5.74, 6) is -4.25. The zero-order valence-corrected chi connectivity index (χ0v) is 18.9. The zero-order valence-electron chi connectivity index (χ0n) is 18.9. The van der Waals surface area contributed by atoms with Crippen LogP contribution in [-0.2, 0) is 19.2 Å². The molecule has 34 heavy (non-hydrogen) atoms. The highest BCUT2D eigenvalue weighted by atomic mass is 16.2. The standard InChI is InChI=1S/C24H24N6O4/c1-12-5-6-14-13(2)15-16-18(22(33)29(20(16)31)27-9-3-7-25-27)24(14,11-12)19-17(15)21(32)30(23(19)34)28-10-4-8-26-28/h3-4,7-10,12,15-19H,5-6,11H2,1-2H3. The van der Waals surface area contributed by atoms with Gasteiger partial charge in [-0.25, -0.2) is 0 Å². The molecular weight excluding hydrogens is 436 g/mol. The van der Waals surface area contributed by atoms with Crippen LogP contribution in [0.1, 0.15) is 33.1 Å². The molecule has 2 bridgehead atoms. The summed E-state index contributed by atoms with van der Waals surface area (Å²) >= 11 is 0. The lowest BCUT2D eigenvalue weighted by Gasteiger charge is -2.61. The van der Waals surface area contributed by atoms with Gasteiger partial charge in [0.25, 0.3) is 23.6 Å². The molecule has 10 heteroatoms. The number of hydrogen-bond donors (Lipinski definition) is 0. The minimum absolute atomic E-state index is 0.260. The van der Waals surface area contributed by atoms with Gasteiger partial charge in [0.05, 0.1) is 36.1 Å². The third kappa shape index (κ3) is 2.04. The highest BCUT2D eigenvalue weighted by molar-refractivity contribution is 6.22. The van der Waals surface area contributed by atoms with Gasteiger partial charge in [0.1, 0.15) is 0 Å². The van der Waals surface area contributed by atoms with Crippen molar-refractivity contribution in [1.82, 2.24) is 19.8 Å². The molecule has 4 aliphatic carbocycles. The van der Waals surface area contributed by atoms with Crippen LogP contribution >= 0.6 is 0 Å². The van der Waals surface area contributed by atoms with Crippen LogP contribution in [0.5, 0.6) is 0 Å². The van der Waals surface area contributed by atoms with Crippen LogP contribution in [0, 0.1) is 40.9 Å². The molecule has 0 N–H and O–H groups in total. The van der Waals surface area contributed by atoms with Gasteiger partial charge in [-0.2, -0.15) is 29.8 Å². The number of allylic oxidation sites excluding steroid dienone is 2. The maximum atomic E-state index is 14.0. The highest BCUT2D eigenvalue weighted by Crippen LogP contribution is 2.71. The molecule has 2 aliphatic heterocycles. The Labute approximate surface area is 195 Å². The number of amides is 4. The Balaban J connectivity index is 1.46. The summed E-state index contributed by atoms with van der Waals surface area (Å²) in [5, 5.41) is 10.5. The molecule has 2 aromatic rings. The SMILES string of the molecule is CC1=C2CCC(C)CC23C2C(=O)N(n4cccn4)C(=O)C2C1C1C(=O)N(n2cccn2)C(=O)C13. The topological polar surface area (TPSA) is 110 Å². The van der Waals surface area contributed by atoms with E-state index < -0.39 is 35.0 Å². The Morgan fingerprint density at radius 1 is 0.824 bits per heavy atom. The summed E-state index contributed by atoms with van der Waals surface area (Å²) < 4.78 is 0. The van der Waals surface area contributed by atoms with Crippen molar-refractivity contribution in [1.29, 1.82) is 0 Å². The van der Waals surface area contributed by atoms with Crippen molar-refractivity contribution in [3.63, 3.8) is 0 Å². The molecule has 2 saturated carbocycles. The Kier molecular flexibility index (Phi) is 3.69. The van der Waals surface area contributed by atoms with Gasteiger partial charge >= 0.3 is 0 Å². The molecule has 2 saturated heterocycles. The largest absolute Gasteiger partial charge is 0.272 e. The summed E-state index contributed by atoms with van der Waals surface area (Å²) in [6.45, 7) is 4.13. The number of nitrogens with zero attached hydrogens (tertiary/aromatic N) is 6. The van der Waals surface area contributed by atoms with Crippen LogP contribution in [-0.4, -0.2) is 43.4 Å². The Morgan fingerprint density at radius 2 is 1.35 bits per heavy atom. The summed E-state index contributed by atoms with van der Waals surface area (Å²) in [6.07, 6.45) is 8.55. The van der Waals surface area contributed by atoms with E-state index in [4.69, 9.17) is 0 Å². The lowest BCUT2D eigenvalue weighted by molar-refractivity contribution is -0.153. The van der Waals surface area contributed by atoms with Crippen molar-refractivity contribution in [3.05, 3.63) is 48.1 Å². The normalized spacial score (nSPS) is 38.6. The lowest BCUT2D eigenvalue weighted by Crippen LogP contribution is -2.62. The average Bonchev–Trinajstić information content (AvgIpc) is 3.58. The van der Waals surface area contributed by atoms with E-state index in [1.165, 1.54) is 22.0 Å². The van der Waals surface area contributed by atoms with Crippen molar-refractivity contribution in [2.24, 2.45) is 40.9 Å². The molecule has 4 fully saturated rings. The highest BCUT2D eigenvalue weighted by Gasteiger charge is 2.78. The fourth-order valence-corrected chi connectivity index (χ4v) is 8.10. The van der Waals surface area contributed by atoms with Crippen molar-refractivity contribution in [3.8, 4) is 0 Å². The number of carbonyl (C=O) groups excluding carboxylic acids is 4. The molecule has 5 unspecified atom stereocenters. The van der Waals surface area contributed by atoms with Crippen LogP contribution in [0.4, 0.5) is 0 Å². The van der Waals surface area contributed by atoms with Gasteiger partial charge in [0.2, 0.25) is 0 Å². The van der Waals surface area contributed by atoms with Gasteiger partial charge in [-0.3, -0.25) is 19.2 Å². The maximum Gasteiger partial charge on any atom is 0.254 e. The minimum atomic E-state index is -0.852. The second kappa shape index (κ2) is 6.31. The molecule has 5 atom stereocenters. The van der Waals surface area contributed by atoms with Crippen LogP contribution < -0.4 is 10.0 Å².